The molecule has 0 aromatic heterocycles. The second-order valence-corrected chi connectivity index (χ2v) is 7.28. The first-order valence-corrected chi connectivity index (χ1v) is 9.43. The fourth-order valence-electron chi connectivity index (χ4n) is 4.15. The minimum atomic E-state index is -2.80. The minimum Gasteiger partial charge on any atom is -0.435 e. The van der Waals surface area contributed by atoms with E-state index in [1.807, 2.05) is 0 Å². The molecule has 1 aliphatic heterocycles. The molecule has 1 heterocycles. The van der Waals surface area contributed by atoms with Crippen molar-refractivity contribution < 1.29 is 23.0 Å². The predicted octanol–water partition coefficient (Wildman–Crippen LogP) is 5.56. The van der Waals surface area contributed by atoms with Crippen molar-refractivity contribution in [2.24, 2.45) is 17.8 Å². The molecule has 140 valence electrons. The highest BCUT2D eigenvalue weighted by molar-refractivity contribution is 5.28. The zero-order chi connectivity index (χ0) is 17.6. The van der Waals surface area contributed by atoms with Crippen LogP contribution in [-0.2, 0) is 9.47 Å². The molecule has 3 rings (SSSR count). The minimum absolute atomic E-state index is 0.149. The Morgan fingerprint density at radius 2 is 1.64 bits per heavy atom. The van der Waals surface area contributed by atoms with E-state index < -0.39 is 12.9 Å². The zero-order valence-electron chi connectivity index (χ0n) is 14.8. The van der Waals surface area contributed by atoms with E-state index in [0.717, 1.165) is 11.5 Å². The van der Waals surface area contributed by atoms with Gasteiger partial charge >= 0.3 is 6.61 Å². The second kappa shape index (κ2) is 8.95. The van der Waals surface area contributed by atoms with Crippen LogP contribution in [0.2, 0.25) is 0 Å². The third-order valence-electron chi connectivity index (χ3n) is 5.56. The topological polar surface area (TPSA) is 27.7 Å². The maximum atomic E-state index is 12.2. The van der Waals surface area contributed by atoms with Crippen molar-refractivity contribution >= 4 is 0 Å². The van der Waals surface area contributed by atoms with Gasteiger partial charge in [0.1, 0.15) is 5.75 Å². The van der Waals surface area contributed by atoms with Gasteiger partial charge in [-0.15, -0.1) is 0 Å². The number of benzene rings is 1. The molecular formula is C20H28F2O3. The molecule has 1 aliphatic carbocycles. The largest absolute Gasteiger partial charge is 0.435 e. The van der Waals surface area contributed by atoms with Crippen molar-refractivity contribution in [3.63, 3.8) is 0 Å². The predicted molar refractivity (Wildman–Crippen MR) is 91.6 cm³/mol. The lowest BCUT2D eigenvalue weighted by Crippen LogP contribution is -2.34. The molecule has 1 saturated heterocycles. The van der Waals surface area contributed by atoms with E-state index in [1.165, 1.54) is 50.7 Å². The number of ether oxygens (including phenoxy) is 3. The third-order valence-corrected chi connectivity index (χ3v) is 5.56. The average molecular weight is 354 g/mol. The summed E-state index contributed by atoms with van der Waals surface area (Å²) in [5, 5.41) is 0. The number of rotatable bonds is 6. The Morgan fingerprint density at radius 1 is 1.00 bits per heavy atom. The number of hydrogen-bond donors (Lipinski definition) is 0. The maximum absolute atomic E-state index is 12.2. The van der Waals surface area contributed by atoms with Crippen molar-refractivity contribution in [3.05, 3.63) is 29.8 Å². The first-order chi connectivity index (χ1) is 12.2. The summed E-state index contributed by atoms with van der Waals surface area (Å²) in [7, 11) is 0. The van der Waals surface area contributed by atoms with E-state index in [2.05, 4.69) is 11.7 Å². The van der Waals surface area contributed by atoms with Crippen LogP contribution in [0.25, 0.3) is 0 Å². The molecule has 2 fully saturated rings. The second-order valence-electron chi connectivity index (χ2n) is 7.28. The van der Waals surface area contributed by atoms with E-state index in [9.17, 15) is 8.78 Å². The standard InChI is InChI=1S/C20H28F2O3/c1-2-3-14-4-6-15(7-5-14)17-12-23-19(24-13-17)16-8-10-18(11-9-16)25-20(21)22/h8-11,14-15,17,19-20H,2-7,12-13H2,1H3/t14-,15-,17?,19?. The molecule has 3 nitrogen and oxygen atoms in total. The van der Waals surface area contributed by atoms with Gasteiger partial charge in [0.2, 0.25) is 0 Å². The molecule has 0 bridgehead atoms. The molecule has 0 unspecified atom stereocenters. The van der Waals surface area contributed by atoms with Crippen LogP contribution < -0.4 is 4.74 Å². The van der Waals surface area contributed by atoms with Gasteiger partial charge in [0.15, 0.2) is 6.29 Å². The van der Waals surface area contributed by atoms with Gasteiger partial charge in [0, 0.05) is 11.5 Å². The Hall–Kier alpha value is -1.20. The maximum Gasteiger partial charge on any atom is 0.387 e. The molecule has 0 atom stereocenters. The quantitative estimate of drug-likeness (QED) is 0.670. The summed E-state index contributed by atoms with van der Waals surface area (Å²) >= 11 is 0. The fourth-order valence-corrected chi connectivity index (χ4v) is 4.15. The van der Waals surface area contributed by atoms with Gasteiger partial charge in [-0.1, -0.05) is 44.7 Å². The lowest BCUT2D eigenvalue weighted by Gasteiger charge is -2.37. The molecule has 0 amide bonds. The van der Waals surface area contributed by atoms with Crippen LogP contribution in [0, 0.1) is 17.8 Å². The summed E-state index contributed by atoms with van der Waals surface area (Å²) in [4.78, 5) is 0. The van der Waals surface area contributed by atoms with Crippen molar-refractivity contribution in [1.29, 1.82) is 0 Å². The van der Waals surface area contributed by atoms with Crippen molar-refractivity contribution in [1.82, 2.24) is 0 Å². The summed E-state index contributed by atoms with van der Waals surface area (Å²) < 4.78 is 40.6. The van der Waals surface area contributed by atoms with E-state index in [0.29, 0.717) is 25.0 Å². The summed E-state index contributed by atoms with van der Waals surface area (Å²) in [6.07, 6.45) is 7.48. The van der Waals surface area contributed by atoms with Gasteiger partial charge < -0.3 is 14.2 Å². The molecule has 0 N–H and O–H groups in total. The number of alkyl halides is 2. The molecule has 0 radical (unpaired) electrons. The van der Waals surface area contributed by atoms with E-state index in [1.54, 1.807) is 12.1 Å². The summed E-state index contributed by atoms with van der Waals surface area (Å²) in [5.74, 6) is 2.24. The fraction of sp³-hybridized carbons (Fsp3) is 0.700. The monoisotopic (exact) mass is 354 g/mol. The van der Waals surface area contributed by atoms with Gasteiger partial charge in [0.05, 0.1) is 13.2 Å². The van der Waals surface area contributed by atoms with Crippen LogP contribution in [0.4, 0.5) is 8.78 Å². The highest BCUT2D eigenvalue weighted by atomic mass is 19.3. The normalized spacial score (nSPS) is 30.4. The highest BCUT2D eigenvalue weighted by Gasteiger charge is 2.32. The first-order valence-electron chi connectivity index (χ1n) is 9.43. The summed E-state index contributed by atoms with van der Waals surface area (Å²) in [6, 6.07) is 6.49. The molecule has 5 heteroatoms. The number of halogens is 2. The van der Waals surface area contributed by atoms with Gasteiger partial charge in [-0.05, 0) is 36.8 Å². The van der Waals surface area contributed by atoms with E-state index >= 15 is 0 Å². The lowest BCUT2D eigenvalue weighted by atomic mass is 9.75. The van der Waals surface area contributed by atoms with Gasteiger partial charge in [-0.3, -0.25) is 0 Å². The summed E-state index contributed by atoms with van der Waals surface area (Å²) in [6.45, 7) is 0.883. The molecule has 0 spiro atoms. The van der Waals surface area contributed by atoms with Crippen LogP contribution in [0.5, 0.6) is 5.75 Å². The molecule has 1 saturated carbocycles. The summed E-state index contributed by atoms with van der Waals surface area (Å²) in [5.41, 5.74) is 0.840. The first kappa shape index (κ1) is 18.6. The van der Waals surface area contributed by atoms with Gasteiger partial charge in [0.25, 0.3) is 0 Å². The molecule has 25 heavy (non-hydrogen) atoms. The van der Waals surface area contributed by atoms with Crippen molar-refractivity contribution in [2.45, 2.75) is 58.4 Å². The third kappa shape index (κ3) is 5.14. The van der Waals surface area contributed by atoms with Crippen LogP contribution in [-0.4, -0.2) is 19.8 Å². The Morgan fingerprint density at radius 3 is 2.20 bits per heavy atom. The number of hydrogen-bond acceptors (Lipinski definition) is 3. The Balaban J connectivity index is 1.46. The van der Waals surface area contributed by atoms with E-state index in [4.69, 9.17) is 9.47 Å². The zero-order valence-corrected chi connectivity index (χ0v) is 14.8. The van der Waals surface area contributed by atoms with Crippen LogP contribution in [0.3, 0.4) is 0 Å². The molecule has 2 aliphatic rings. The van der Waals surface area contributed by atoms with Crippen LogP contribution in [0.15, 0.2) is 24.3 Å². The molecular weight excluding hydrogens is 326 g/mol. The molecule has 1 aromatic carbocycles. The van der Waals surface area contributed by atoms with Crippen LogP contribution >= 0.6 is 0 Å². The van der Waals surface area contributed by atoms with Crippen molar-refractivity contribution in [2.75, 3.05) is 13.2 Å². The Kier molecular flexibility index (Phi) is 6.65. The highest BCUT2D eigenvalue weighted by Crippen LogP contribution is 2.38. The van der Waals surface area contributed by atoms with Crippen molar-refractivity contribution in [3.8, 4) is 5.75 Å². The smallest absolute Gasteiger partial charge is 0.387 e. The van der Waals surface area contributed by atoms with Crippen LogP contribution in [0.1, 0.15) is 57.3 Å². The average Bonchev–Trinajstić information content (AvgIpc) is 2.63. The molecule has 1 aromatic rings. The van der Waals surface area contributed by atoms with Gasteiger partial charge in [-0.25, -0.2) is 0 Å². The van der Waals surface area contributed by atoms with Gasteiger partial charge in [-0.2, -0.15) is 8.78 Å². The lowest BCUT2D eigenvalue weighted by molar-refractivity contribution is -0.214. The Bertz CT molecular complexity index is 504. The SMILES string of the molecule is CCC[C@H]1CC[C@H](C2COC(c3ccc(OC(F)F)cc3)OC2)CC1. The Labute approximate surface area is 148 Å². The van der Waals surface area contributed by atoms with E-state index in [-0.39, 0.29) is 5.75 Å².